The molecule has 0 saturated carbocycles. The first-order chi connectivity index (χ1) is 3.83. The van der Waals surface area contributed by atoms with Crippen molar-refractivity contribution < 1.29 is 4.79 Å². The van der Waals surface area contributed by atoms with Gasteiger partial charge in [0.2, 0.25) is 0 Å². The molecule has 1 amide bonds. The molecule has 4 nitrogen and oxygen atoms in total. The summed E-state index contributed by atoms with van der Waals surface area (Å²) in [5.74, 6) is -0.146. The lowest BCUT2D eigenvalue weighted by molar-refractivity contribution is -0.117. The van der Waals surface area contributed by atoms with Crippen LogP contribution in [-0.2, 0) is 4.79 Å². The van der Waals surface area contributed by atoms with Gasteiger partial charge in [0.15, 0.2) is 0 Å². The molecular formula is C4H7N3O. The van der Waals surface area contributed by atoms with Crippen molar-refractivity contribution in [3.05, 3.63) is 0 Å². The molecule has 0 radical (unpaired) electrons. The van der Waals surface area contributed by atoms with Crippen molar-refractivity contribution in [3.63, 3.8) is 0 Å². The molecule has 0 bridgehead atoms. The predicted octanol–water partition coefficient (Wildman–Crippen LogP) is 0.216. The number of nitrogens with zero attached hydrogens (tertiary/aromatic N) is 3. The number of hydrogen-bond donors (Lipinski definition) is 0. The second-order valence-corrected chi connectivity index (χ2v) is 1.56. The first-order valence-corrected chi connectivity index (χ1v) is 2.52. The second kappa shape index (κ2) is 1.90. The lowest BCUT2D eigenvalue weighted by Crippen LogP contribution is -2.16. The summed E-state index contributed by atoms with van der Waals surface area (Å²) in [6.45, 7) is 3.04. The zero-order valence-electron chi connectivity index (χ0n) is 4.66. The Morgan fingerprint density at radius 2 is 2.62 bits per heavy atom. The standard InChI is InChI=1S/C4H7N3O/c1-2-7-3-4(8)5-6-7/h2-3H2,1H3. The number of likely N-dealkylation sites (N-methyl/N-ethyl adjacent to an activating group) is 1. The summed E-state index contributed by atoms with van der Waals surface area (Å²) in [7, 11) is 0. The van der Waals surface area contributed by atoms with E-state index in [1.165, 1.54) is 0 Å². The zero-order chi connectivity index (χ0) is 5.98. The average molecular weight is 113 g/mol. The zero-order valence-corrected chi connectivity index (χ0v) is 4.66. The fourth-order valence-corrected chi connectivity index (χ4v) is 0.508. The van der Waals surface area contributed by atoms with Gasteiger partial charge in [0.1, 0.15) is 6.54 Å². The molecule has 1 aliphatic heterocycles. The quantitative estimate of drug-likeness (QED) is 0.488. The summed E-state index contributed by atoms with van der Waals surface area (Å²) >= 11 is 0. The summed E-state index contributed by atoms with van der Waals surface area (Å²) < 4.78 is 0. The molecule has 44 valence electrons. The summed E-state index contributed by atoms with van der Waals surface area (Å²) in [5.41, 5.74) is 0. The van der Waals surface area contributed by atoms with Crippen LogP contribution in [-0.4, -0.2) is 24.0 Å². The van der Waals surface area contributed by atoms with Crippen molar-refractivity contribution in [2.24, 2.45) is 10.3 Å². The van der Waals surface area contributed by atoms with Gasteiger partial charge < -0.3 is 0 Å². The third-order valence-corrected chi connectivity index (χ3v) is 0.966. The predicted molar refractivity (Wildman–Crippen MR) is 27.1 cm³/mol. The van der Waals surface area contributed by atoms with E-state index in [0.717, 1.165) is 6.54 Å². The van der Waals surface area contributed by atoms with Crippen LogP contribution in [0.1, 0.15) is 6.92 Å². The largest absolute Gasteiger partial charge is 0.287 e. The molecule has 1 rings (SSSR count). The fraction of sp³-hybridized carbons (Fsp3) is 0.750. The van der Waals surface area contributed by atoms with E-state index in [1.54, 1.807) is 5.01 Å². The van der Waals surface area contributed by atoms with Crippen LogP contribution in [0, 0.1) is 0 Å². The third-order valence-electron chi connectivity index (χ3n) is 0.966. The molecule has 0 N–H and O–H groups in total. The van der Waals surface area contributed by atoms with Gasteiger partial charge >= 0.3 is 0 Å². The molecule has 1 aliphatic rings. The summed E-state index contributed by atoms with van der Waals surface area (Å²) in [5, 5.41) is 8.46. The van der Waals surface area contributed by atoms with Gasteiger partial charge in [0.25, 0.3) is 5.91 Å². The number of amides is 1. The molecule has 0 atom stereocenters. The first-order valence-electron chi connectivity index (χ1n) is 2.52. The number of carbonyl (C=O) groups excluding carboxylic acids is 1. The Bertz CT molecular complexity index is 131. The van der Waals surface area contributed by atoms with E-state index < -0.39 is 0 Å². The van der Waals surface area contributed by atoms with Gasteiger partial charge in [-0.2, -0.15) is 0 Å². The van der Waals surface area contributed by atoms with Gasteiger partial charge in [-0.25, -0.2) is 0 Å². The van der Waals surface area contributed by atoms with Crippen molar-refractivity contribution in [3.8, 4) is 0 Å². The highest BCUT2D eigenvalue weighted by Gasteiger charge is 2.11. The van der Waals surface area contributed by atoms with Crippen LogP contribution >= 0.6 is 0 Å². The van der Waals surface area contributed by atoms with Gasteiger partial charge in [-0.1, -0.05) is 10.3 Å². The van der Waals surface area contributed by atoms with Crippen molar-refractivity contribution in [1.29, 1.82) is 0 Å². The molecule has 1 heterocycles. The van der Waals surface area contributed by atoms with Crippen LogP contribution in [0.5, 0.6) is 0 Å². The Labute approximate surface area is 47.2 Å². The molecule has 8 heavy (non-hydrogen) atoms. The third kappa shape index (κ3) is 0.828. The summed E-state index contributed by atoms with van der Waals surface area (Å²) in [4.78, 5) is 10.3. The SMILES string of the molecule is CCN1CC(=O)N=N1. The van der Waals surface area contributed by atoms with E-state index in [9.17, 15) is 4.79 Å². The molecule has 0 saturated heterocycles. The van der Waals surface area contributed by atoms with E-state index in [2.05, 4.69) is 10.3 Å². The van der Waals surface area contributed by atoms with Gasteiger partial charge in [-0.15, -0.1) is 0 Å². The minimum Gasteiger partial charge on any atom is -0.269 e. The van der Waals surface area contributed by atoms with E-state index >= 15 is 0 Å². The Morgan fingerprint density at radius 1 is 1.88 bits per heavy atom. The highest BCUT2D eigenvalue weighted by molar-refractivity contribution is 5.79. The van der Waals surface area contributed by atoms with Gasteiger partial charge in [0.05, 0.1) is 0 Å². The Balaban J connectivity index is 2.46. The highest BCUT2D eigenvalue weighted by atomic mass is 16.2. The van der Waals surface area contributed by atoms with E-state index in [1.807, 2.05) is 6.92 Å². The van der Waals surface area contributed by atoms with E-state index in [-0.39, 0.29) is 5.91 Å². The van der Waals surface area contributed by atoms with Gasteiger partial charge in [-0.3, -0.25) is 9.80 Å². The highest BCUT2D eigenvalue weighted by Crippen LogP contribution is 1.98. The molecule has 0 spiro atoms. The Hall–Kier alpha value is -0.930. The molecule has 0 aromatic rings. The topological polar surface area (TPSA) is 45.0 Å². The van der Waals surface area contributed by atoms with Crippen molar-refractivity contribution in [2.45, 2.75) is 6.92 Å². The maximum absolute atomic E-state index is 10.3. The Kier molecular flexibility index (Phi) is 1.24. The number of carbonyl (C=O) groups is 1. The molecule has 0 aromatic carbocycles. The van der Waals surface area contributed by atoms with Gasteiger partial charge in [0, 0.05) is 6.54 Å². The normalized spacial score (nSPS) is 18.1. The average Bonchev–Trinajstić information content (AvgIpc) is 2.14. The van der Waals surface area contributed by atoms with E-state index in [4.69, 9.17) is 0 Å². The van der Waals surface area contributed by atoms with Crippen LogP contribution in [0.2, 0.25) is 0 Å². The molecule has 0 aromatic heterocycles. The minimum atomic E-state index is -0.146. The van der Waals surface area contributed by atoms with Crippen molar-refractivity contribution in [2.75, 3.05) is 13.1 Å². The number of rotatable bonds is 1. The Morgan fingerprint density at radius 3 is 2.88 bits per heavy atom. The van der Waals surface area contributed by atoms with Crippen LogP contribution in [0.15, 0.2) is 10.3 Å². The molecule has 4 heteroatoms. The van der Waals surface area contributed by atoms with E-state index in [0.29, 0.717) is 6.54 Å². The number of hydrogen-bond acceptors (Lipinski definition) is 3. The van der Waals surface area contributed by atoms with Crippen LogP contribution in [0.25, 0.3) is 0 Å². The molecule has 0 unspecified atom stereocenters. The molecule has 0 aliphatic carbocycles. The fourth-order valence-electron chi connectivity index (χ4n) is 0.508. The maximum Gasteiger partial charge on any atom is 0.287 e. The van der Waals surface area contributed by atoms with Gasteiger partial charge in [-0.05, 0) is 6.92 Å². The maximum atomic E-state index is 10.3. The van der Waals surface area contributed by atoms with Crippen LogP contribution in [0.4, 0.5) is 0 Å². The van der Waals surface area contributed by atoms with Crippen molar-refractivity contribution >= 4 is 5.91 Å². The lowest BCUT2D eigenvalue weighted by Gasteiger charge is -2.03. The molecular weight excluding hydrogens is 106 g/mol. The first kappa shape index (κ1) is 5.21. The molecule has 0 fully saturated rings. The summed E-state index contributed by atoms with van der Waals surface area (Å²) in [6, 6.07) is 0. The van der Waals surface area contributed by atoms with Crippen LogP contribution < -0.4 is 0 Å². The smallest absolute Gasteiger partial charge is 0.269 e. The van der Waals surface area contributed by atoms with Crippen LogP contribution in [0.3, 0.4) is 0 Å². The lowest BCUT2D eigenvalue weighted by atomic mass is 10.6. The minimum absolute atomic E-state index is 0.146. The monoisotopic (exact) mass is 113 g/mol. The van der Waals surface area contributed by atoms with Crippen molar-refractivity contribution in [1.82, 2.24) is 5.01 Å². The second-order valence-electron chi connectivity index (χ2n) is 1.56. The summed E-state index contributed by atoms with van der Waals surface area (Å²) in [6.07, 6.45) is 0.